The average Bonchev–Trinajstić information content (AvgIpc) is 2.48. The van der Waals surface area contributed by atoms with Gasteiger partial charge in [-0.1, -0.05) is 52.9 Å². The second kappa shape index (κ2) is 16.8. The highest BCUT2D eigenvalue weighted by Crippen LogP contribution is 2.05. The van der Waals surface area contributed by atoms with Crippen molar-refractivity contribution in [3.8, 4) is 0 Å². The fourth-order valence-electron chi connectivity index (χ4n) is 2.00. The van der Waals surface area contributed by atoms with Crippen molar-refractivity contribution in [2.45, 2.75) is 72.1 Å². The van der Waals surface area contributed by atoms with Crippen LogP contribution in [0, 0.1) is 5.92 Å². The van der Waals surface area contributed by atoms with E-state index in [9.17, 15) is 4.79 Å². The minimum absolute atomic E-state index is 0.104. The molecule has 0 aromatic heterocycles. The van der Waals surface area contributed by atoms with Gasteiger partial charge in [0.25, 0.3) is 0 Å². The molecule has 0 aromatic carbocycles. The number of hydrogen-bond donors (Lipinski definition) is 0. The van der Waals surface area contributed by atoms with Crippen molar-refractivity contribution >= 4 is 5.97 Å². The van der Waals surface area contributed by atoms with Crippen LogP contribution in [0.5, 0.6) is 0 Å². The Morgan fingerprint density at radius 2 is 1.50 bits per heavy atom. The monoisotopic (exact) mass is 316 g/mol. The number of esters is 1. The molecule has 0 amide bonds. The molecule has 0 aliphatic heterocycles. The first-order chi connectivity index (χ1) is 10.7. The Labute approximate surface area is 136 Å². The Balaban J connectivity index is 3.16. The van der Waals surface area contributed by atoms with E-state index in [4.69, 9.17) is 14.2 Å². The van der Waals surface area contributed by atoms with Crippen molar-refractivity contribution in [1.82, 2.24) is 0 Å². The third-order valence-corrected chi connectivity index (χ3v) is 3.25. The highest BCUT2D eigenvalue weighted by Gasteiger charge is 2.02. The molecule has 0 bridgehead atoms. The predicted molar refractivity (Wildman–Crippen MR) is 90.0 cm³/mol. The van der Waals surface area contributed by atoms with Gasteiger partial charge in [-0.2, -0.15) is 0 Å². The summed E-state index contributed by atoms with van der Waals surface area (Å²) in [5, 5.41) is 0. The second-order valence-electron chi connectivity index (χ2n) is 6.17. The van der Waals surface area contributed by atoms with Crippen molar-refractivity contribution in [2.75, 3.05) is 33.0 Å². The van der Waals surface area contributed by atoms with Crippen molar-refractivity contribution in [3.05, 3.63) is 0 Å². The topological polar surface area (TPSA) is 44.8 Å². The zero-order valence-electron chi connectivity index (χ0n) is 14.9. The first-order valence-corrected chi connectivity index (χ1v) is 8.98. The number of rotatable bonds is 16. The van der Waals surface area contributed by atoms with Crippen LogP contribution in [0.3, 0.4) is 0 Å². The lowest BCUT2D eigenvalue weighted by atomic mass is 10.1. The van der Waals surface area contributed by atoms with Crippen LogP contribution in [-0.4, -0.2) is 39.0 Å². The third-order valence-electron chi connectivity index (χ3n) is 3.25. The van der Waals surface area contributed by atoms with E-state index >= 15 is 0 Å². The summed E-state index contributed by atoms with van der Waals surface area (Å²) >= 11 is 0. The third kappa shape index (κ3) is 17.4. The zero-order chi connectivity index (χ0) is 16.5. The van der Waals surface area contributed by atoms with Gasteiger partial charge in [-0.15, -0.1) is 0 Å². The Hall–Kier alpha value is -0.610. The lowest BCUT2D eigenvalue weighted by Gasteiger charge is -2.08. The second-order valence-corrected chi connectivity index (χ2v) is 6.17. The number of hydrogen-bond acceptors (Lipinski definition) is 4. The molecule has 4 nitrogen and oxygen atoms in total. The predicted octanol–water partition coefficient (Wildman–Crippen LogP) is 4.36. The minimum Gasteiger partial charge on any atom is -0.466 e. The van der Waals surface area contributed by atoms with Gasteiger partial charge in [0.15, 0.2) is 0 Å². The molecule has 0 saturated heterocycles. The molecule has 4 heteroatoms. The number of carbonyl (C=O) groups is 1. The van der Waals surface area contributed by atoms with Crippen LogP contribution in [0.2, 0.25) is 0 Å². The maximum Gasteiger partial charge on any atom is 0.305 e. The smallest absolute Gasteiger partial charge is 0.305 e. The van der Waals surface area contributed by atoms with E-state index in [1.165, 1.54) is 25.7 Å². The summed E-state index contributed by atoms with van der Waals surface area (Å²) in [7, 11) is 0. The van der Waals surface area contributed by atoms with Crippen molar-refractivity contribution in [2.24, 2.45) is 5.92 Å². The van der Waals surface area contributed by atoms with E-state index in [0.29, 0.717) is 38.8 Å². The van der Waals surface area contributed by atoms with Gasteiger partial charge < -0.3 is 14.2 Å². The van der Waals surface area contributed by atoms with Crippen LogP contribution >= 0.6 is 0 Å². The molecule has 0 aliphatic carbocycles. The SMILES string of the molecule is CCCCCCCCOC(=O)CCCOCCOCC(C)C. The molecule has 0 saturated carbocycles. The van der Waals surface area contributed by atoms with Gasteiger partial charge in [0.2, 0.25) is 0 Å². The van der Waals surface area contributed by atoms with Crippen LogP contribution in [0.4, 0.5) is 0 Å². The lowest BCUT2D eigenvalue weighted by Crippen LogP contribution is -2.10. The molecule has 0 heterocycles. The Bertz CT molecular complexity index is 241. The van der Waals surface area contributed by atoms with Crippen LogP contribution in [0.15, 0.2) is 0 Å². The Kier molecular flexibility index (Phi) is 16.3. The molecule has 0 aliphatic rings. The lowest BCUT2D eigenvalue weighted by molar-refractivity contribution is -0.144. The van der Waals surface area contributed by atoms with Gasteiger partial charge in [0.1, 0.15) is 0 Å². The summed E-state index contributed by atoms with van der Waals surface area (Å²) in [5.74, 6) is 0.453. The molecule has 0 unspecified atom stereocenters. The van der Waals surface area contributed by atoms with E-state index in [2.05, 4.69) is 20.8 Å². The Morgan fingerprint density at radius 3 is 2.23 bits per heavy atom. The Morgan fingerprint density at radius 1 is 0.818 bits per heavy atom. The van der Waals surface area contributed by atoms with Crippen molar-refractivity contribution < 1.29 is 19.0 Å². The number of ether oxygens (including phenoxy) is 3. The van der Waals surface area contributed by atoms with E-state index in [0.717, 1.165) is 25.9 Å². The number of unbranched alkanes of at least 4 members (excludes halogenated alkanes) is 5. The molecule has 0 fully saturated rings. The molecule has 0 atom stereocenters. The standard InChI is InChI=1S/C18H36O4/c1-4-5-6-7-8-9-13-22-18(19)11-10-12-20-14-15-21-16-17(2)3/h17H,4-16H2,1-3H3. The average molecular weight is 316 g/mol. The highest BCUT2D eigenvalue weighted by atomic mass is 16.5. The molecule has 0 radical (unpaired) electrons. The van der Waals surface area contributed by atoms with Crippen LogP contribution in [0.25, 0.3) is 0 Å². The largest absolute Gasteiger partial charge is 0.466 e. The molecular weight excluding hydrogens is 280 g/mol. The zero-order valence-corrected chi connectivity index (χ0v) is 14.9. The molecule has 0 spiro atoms. The van der Waals surface area contributed by atoms with Crippen molar-refractivity contribution in [3.63, 3.8) is 0 Å². The first kappa shape index (κ1) is 21.4. The molecular formula is C18H36O4. The van der Waals surface area contributed by atoms with Gasteiger partial charge in [-0.3, -0.25) is 4.79 Å². The maximum absolute atomic E-state index is 11.5. The van der Waals surface area contributed by atoms with Gasteiger partial charge >= 0.3 is 5.97 Å². The maximum atomic E-state index is 11.5. The van der Waals surface area contributed by atoms with E-state index in [1.807, 2.05) is 0 Å². The van der Waals surface area contributed by atoms with E-state index < -0.39 is 0 Å². The summed E-state index contributed by atoms with van der Waals surface area (Å²) in [6.45, 7) is 9.61. The summed E-state index contributed by atoms with van der Waals surface area (Å²) in [4.78, 5) is 11.5. The fraction of sp³-hybridized carbons (Fsp3) is 0.944. The quantitative estimate of drug-likeness (QED) is 0.313. The minimum atomic E-state index is -0.104. The van der Waals surface area contributed by atoms with Crippen LogP contribution < -0.4 is 0 Å². The number of carbonyl (C=O) groups excluding carboxylic acids is 1. The molecule has 132 valence electrons. The van der Waals surface area contributed by atoms with Gasteiger partial charge in [0.05, 0.1) is 19.8 Å². The van der Waals surface area contributed by atoms with Crippen molar-refractivity contribution in [1.29, 1.82) is 0 Å². The summed E-state index contributed by atoms with van der Waals surface area (Å²) < 4.78 is 16.0. The normalized spacial score (nSPS) is 11.1. The van der Waals surface area contributed by atoms with E-state index in [1.54, 1.807) is 0 Å². The molecule has 0 rings (SSSR count). The molecule has 22 heavy (non-hydrogen) atoms. The first-order valence-electron chi connectivity index (χ1n) is 8.98. The molecule has 0 N–H and O–H groups in total. The summed E-state index contributed by atoms with van der Waals surface area (Å²) in [5.41, 5.74) is 0. The van der Waals surface area contributed by atoms with E-state index in [-0.39, 0.29) is 5.97 Å². The summed E-state index contributed by atoms with van der Waals surface area (Å²) in [6.07, 6.45) is 8.43. The van der Waals surface area contributed by atoms with Crippen LogP contribution in [-0.2, 0) is 19.0 Å². The van der Waals surface area contributed by atoms with Crippen LogP contribution in [0.1, 0.15) is 72.1 Å². The summed E-state index contributed by atoms with van der Waals surface area (Å²) in [6, 6.07) is 0. The molecule has 0 aromatic rings. The van der Waals surface area contributed by atoms with Gasteiger partial charge in [0, 0.05) is 19.6 Å². The van der Waals surface area contributed by atoms with Gasteiger partial charge in [-0.05, 0) is 18.8 Å². The fourth-order valence-corrected chi connectivity index (χ4v) is 2.00. The van der Waals surface area contributed by atoms with Gasteiger partial charge in [-0.25, -0.2) is 0 Å². The highest BCUT2D eigenvalue weighted by molar-refractivity contribution is 5.69.